The number of carbonyl (C=O) groups excluding carboxylic acids is 1. The molecule has 0 radical (unpaired) electrons. The van der Waals surface area contributed by atoms with Crippen molar-refractivity contribution in [3.63, 3.8) is 0 Å². The van der Waals surface area contributed by atoms with Crippen LogP contribution >= 0.6 is 0 Å². The number of nitrogens with one attached hydrogen (secondary N) is 1. The summed E-state index contributed by atoms with van der Waals surface area (Å²) in [5.74, 6) is 0. The van der Waals surface area contributed by atoms with E-state index in [2.05, 4.69) is 5.32 Å². The molecule has 1 saturated heterocycles. The van der Waals surface area contributed by atoms with Crippen LogP contribution < -0.4 is 5.32 Å². The molecule has 0 aromatic carbocycles. The third-order valence-electron chi connectivity index (χ3n) is 2.28. The normalized spacial score (nSPS) is 22.0. The lowest BCUT2D eigenvalue weighted by atomic mass is 10.2. The summed E-state index contributed by atoms with van der Waals surface area (Å²) < 4.78 is 10.4. The number of nitrogens with zero attached hydrogens (tertiary/aromatic N) is 1. The van der Waals surface area contributed by atoms with E-state index < -0.39 is 5.60 Å². The quantitative estimate of drug-likeness (QED) is 0.764. The van der Waals surface area contributed by atoms with E-state index in [9.17, 15) is 4.79 Å². The summed E-state index contributed by atoms with van der Waals surface area (Å²) in [4.78, 5) is 13.5. The summed E-state index contributed by atoms with van der Waals surface area (Å²) in [5.41, 5.74) is -0.432. The predicted molar refractivity (Wildman–Crippen MR) is 61.5 cm³/mol. The minimum absolute atomic E-state index is 0.200. The predicted octanol–water partition coefficient (Wildman–Crippen LogP) is 0.842. The van der Waals surface area contributed by atoms with E-state index >= 15 is 0 Å². The number of piperazine rings is 1. The van der Waals surface area contributed by atoms with Crippen LogP contribution in [-0.2, 0) is 9.47 Å². The number of methoxy groups -OCH3 is 1. The molecule has 0 unspecified atom stereocenters. The van der Waals surface area contributed by atoms with Crippen LogP contribution in [0, 0.1) is 0 Å². The molecule has 1 rings (SSSR count). The maximum atomic E-state index is 11.8. The standard InChI is InChI=1S/C11H22N2O3/c1-11(2,3)16-10(14)13-6-5-12-9(7-13)8-15-4/h9,12H,5-8H2,1-4H3/t9-/m1/s1. The zero-order chi connectivity index (χ0) is 12.2. The van der Waals surface area contributed by atoms with Crippen LogP contribution in [0.15, 0.2) is 0 Å². The van der Waals surface area contributed by atoms with Gasteiger partial charge in [-0.1, -0.05) is 0 Å². The van der Waals surface area contributed by atoms with E-state index in [4.69, 9.17) is 9.47 Å². The Morgan fingerprint density at radius 2 is 2.19 bits per heavy atom. The Labute approximate surface area is 97.1 Å². The molecule has 1 heterocycles. The van der Waals surface area contributed by atoms with E-state index in [0.29, 0.717) is 19.7 Å². The first-order valence-electron chi connectivity index (χ1n) is 5.62. The largest absolute Gasteiger partial charge is 0.444 e. The first-order chi connectivity index (χ1) is 7.42. The molecule has 16 heavy (non-hydrogen) atoms. The fraction of sp³-hybridized carbons (Fsp3) is 0.909. The Hall–Kier alpha value is -0.810. The lowest BCUT2D eigenvalue weighted by Gasteiger charge is -2.34. The van der Waals surface area contributed by atoms with Gasteiger partial charge >= 0.3 is 6.09 Å². The molecule has 1 aliphatic heterocycles. The van der Waals surface area contributed by atoms with Gasteiger partial charge in [-0.25, -0.2) is 4.79 Å². The van der Waals surface area contributed by atoms with Crippen LogP contribution in [0.1, 0.15) is 20.8 Å². The van der Waals surface area contributed by atoms with Crippen LogP contribution in [0.25, 0.3) is 0 Å². The van der Waals surface area contributed by atoms with Crippen LogP contribution in [0.2, 0.25) is 0 Å². The Bertz CT molecular complexity index is 236. The molecule has 0 aromatic heterocycles. The van der Waals surface area contributed by atoms with Crippen molar-refractivity contribution < 1.29 is 14.3 Å². The van der Waals surface area contributed by atoms with Crippen LogP contribution in [0.5, 0.6) is 0 Å². The van der Waals surface area contributed by atoms with E-state index in [1.807, 2.05) is 20.8 Å². The third kappa shape index (κ3) is 4.37. The van der Waals surface area contributed by atoms with Gasteiger partial charge in [0.15, 0.2) is 0 Å². The van der Waals surface area contributed by atoms with Crippen molar-refractivity contribution >= 4 is 6.09 Å². The number of ether oxygens (including phenoxy) is 2. The van der Waals surface area contributed by atoms with Crippen LogP contribution in [0.3, 0.4) is 0 Å². The monoisotopic (exact) mass is 230 g/mol. The Kier molecular flexibility index (Phi) is 4.56. The van der Waals surface area contributed by atoms with Gasteiger partial charge in [0.2, 0.25) is 0 Å². The second-order valence-corrected chi connectivity index (χ2v) is 5.03. The molecule has 0 saturated carbocycles. The van der Waals surface area contributed by atoms with E-state index in [-0.39, 0.29) is 12.1 Å². The first-order valence-corrected chi connectivity index (χ1v) is 5.62. The average molecular weight is 230 g/mol. The van der Waals surface area contributed by atoms with Gasteiger partial charge in [0, 0.05) is 32.8 Å². The Morgan fingerprint density at radius 1 is 1.50 bits per heavy atom. The summed E-state index contributed by atoms with van der Waals surface area (Å²) in [5, 5.41) is 3.29. The molecule has 0 aromatic rings. The van der Waals surface area contributed by atoms with Gasteiger partial charge in [-0.2, -0.15) is 0 Å². The second-order valence-electron chi connectivity index (χ2n) is 5.03. The highest BCUT2D eigenvalue weighted by Gasteiger charge is 2.27. The molecular formula is C11H22N2O3. The van der Waals surface area contributed by atoms with Gasteiger partial charge < -0.3 is 19.7 Å². The molecule has 1 aliphatic rings. The first kappa shape index (κ1) is 13.3. The van der Waals surface area contributed by atoms with Crippen molar-refractivity contribution in [1.29, 1.82) is 0 Å². The minimum atomic E-state index is -0.432. The van der Waals surface area contributed by atoms with Gasteiger partial charge in [-0.15, -0.1) is 0 Å². The molecule has 5 heteroatoms. The van der Waals surface area contributed by atoms with Crippen molar-refractivity contribution in [2.24, 2.45) is 0 Å². The number of carbonyl (C=O) groups is 1. The van der Waals surface area contributed by atoms with E-state index in [0.717, 1.165) is 6.54 Å². The number of amides is 1. The molecule has 5 nitrogen and oxygen atoms in total. The summed E-state index contributed by atoms with van der Waals surface area (Å²) in [6.45, 7) is 8.35. The van der Waals surface area contributed by atoms with Crippen molar-refractivity contribution in [2.45, 2.75) is 32.4 Å². The molecule has 0 bridgehead atoms. The molecular weight excluding hydrogens is 208 g/mol. The van der Waals surface area contributed by atoms with Gasteiger partial charge in [-0.05, 0) is 20.8 Å². The molecule has 94 valence electrons. The van der Waals surface area contributed by atoms with Gasteiger partial charge in [-0.3, -0.25) is 0 Å². The molecule has 0 spiro atoms. The van der Waals surface area contributed by atoms with Crippen LogP contribution in [-0.4, -0.2) is 56.0 Å². The molecule has 1 fully saturated rings. The van der Waals surface area contributed by atoms with Crippen molar-refractivity contribution in [1.82, 2.24) is 10.2 Å². The number of rotatable bonds is 2. The third-order valence-corrected chi connectivity index (χ3v) is 2.28. The molecule has 1 atom stereocenters. The van der Waals surface area contributed by atoms with Gasteiger partial charge in [0.05, 0.1) is 6.61 Å². The summed E-state index contributed by atoms with van der Waals surface area (Å²) in [6, 6.07) is 0.200. The lowest BCUT2D eigenvalue weighted by molar-refractivity contribution is 0.0159. The maximum Gasteiger partial charge on any atom is 0.410 e. The number of hydrogen-bond donors (Lipinski definition) is 1. The Balaban J connectivity index is 2.44. The van der Waals surface area contributed by atoms with Crippen LogP contribution in [0.4, 0.5) is 4.79 Å². The van der Waals surface area contributed by atoms with Gasteiger partial charge in [0.1, 0.15) is 5.60 Å². The van der Waals surface area contributed by atoms with Crippen molar-refractivity contribution in [3.8, 4) is 0 Å². The summed E-state index contributed by atoms with van der Waals surface area (Å²) in [7, 11) is 1.66. The zero-order valence-corrected chi connectivity index (χ0v) is 10.6. The minimum Gasteiger partial charge on any atom is -0.444 e. The smallest absolute Gasteiger partial charge is 0.410 e. The highest BCUT2D eigenvalue weighted by atomic mass is 16.6. The van der Waals surface area contributed by atoms with E-state index in [1.54, 1.807) is 12.0 Å². The highest BCUT2D eigenvalue weighted by molar-refractivity contribution is 5.68. The lowest BCUT2D eigenvalue weighted by Crippen LogP contribution is -2.55. The van der Waals surface area contributed by atoms with Crippen molar-refractivity contribution in [3.05, 3.63) is 0 Å². The van der Waals surface area contributed by atoms with Gasteiger partial charge in [0.25, 0.3) is 0 Å². The fourth-order valence-corrected chi connectivity index (χ4v) is 1.63. The summed E-state index contributed by atoms with van der Waals surface area (Å²) in [6.07, 6.45) is -0.241. The maximum absolute atomic E-state index is 11.8. The average Bonchev–Trinajstić information content (AvgIpc) is 2.16. The highest BCUT2D eigenvalue weighted by Crippen LogP contribution is 2.11. The second kappa shape index (κ2) is 5.50. The number of hydrogen-bond acceptors (Lipinski definition) is 4. The summed E-state index contributed by atoms with van der Waals surface area (Å²) >= 11 is 0. The SMILES string of the molecule is COC[C@H]1CN(C(=O)OC(C)(C)C)CCN1. The topological polar surface area (TPSA) is 50.8 Å². The molecule has 0 aliphatic carbocycles. The van der Waals surface area contributed by atoms with E-state index in [1.165, 1.54) is 0 Å². The van der Waals surface area contributed by atoms with Crippen molar-refractivity contribution in [2.75, 3.05) is 33.4 Å². The fourth-order valence-electron chi connectivity index (χ4n) is 1.63. The zero-order valence-electron chi connectivity index (χ0n) is 10.6. The molecule has 1 N–H and O–H groups in total. The molecule has 1 amide bonds. The Morgan fingerprint density at radius 3 is 2.75 bits per heavy atom.